The molecule has 2 fully saturated rings. The summed E-state index contributed by atoms with van der Waals surface area (Å²) in [4.78, 5) is 17.3. The lowest BCUT2D eigenvalue weighted by atomic mass is 10.1. The van der Waals surface area contributed by atoms with Crippen molar-refractivity contribution in [2.45, 2.75) is 25.4 Å². The number of nitrogens with one attached hydrogen (secondary N) is 2. The monoisotopic (exact) mass is 432 g/mol. The van der Waals surface area contributed by atoms with Gasteiger partial charge in [-0.25, -0.2) is 0 Å². The van der Waals surface area contributed by atoms with Gasteiger partial charge in [-0.05, 0) is 31.0 Å². The number of nitrogens with zero attached hydrogens (tertiary/aromatic N) is 4. The molecule has 2 aliphatic heterocycles. The molecular weight excluding hydrogens is 400 g/mol. The highest BCUT2D eigenvalue weighted by Gasteiger charge is 2.19. The van der Waals surface area contributed by atoms with Crippen LogP contribution in [0.2, 0.25) is 0 Å². The normalized spacial score (nSPS) is 20.5. The van der Waals surface area contributed by atoms with E-state index in [1.807, 2.05) is 16.9 Å². The van der Waals surface area contributed by atoms with Gasteiger partial charge in [0.15, 0.2) is 0 Å². The Morgan fingerprint density at radius 3 is 2.60 bits per heavy atom. The van der Waals surface area contributed by atoms with E-state index in [2.05, 4.69) is 55.9 Å². The van der Waals surface area contributed by atoms with Gasteiger partial charge in [-0.1, -0.05) is 30.3 Å². The first-order valence-corrected chi connectivity index (χ1v) is 10.8. The summed E-state index contributed by atoms with van der Waals surface area (Å²) in [6.45, 7) is 8.81. The first-order valence-electron chi connectivity index (χ1n) is 10.8. The molecule has 7 nitrogen and oxygen atoms in total. The van der Waals surface area contributed by atoms with Crippen LogP contribution in [0.4, 0.5) is 0 Å². The molecule has 2 saturated heterocycles. The van der Waals surface area contributed by atoms with E-state index in [0.717, 1.165) is 65.2 Å². The van der Waals surface area contributed by atoms with E-state index in [1.165, 1.54) is 5.56 Å². The standard InChI is InChI=1S/C22H32N6O.ClH/c29-22(21-8-11-28(25-21)20-7-4-9-23-17-20)24-10-12-26-13-15-27(16-14-26)18-19-5-2-1-3-6-19;/h1-3,5-6,8,11,20,23H,4,7,9-10,12-18H2,(H,24,29);1H. The van der Waals surface area contributed by atoms with Crippen molar-refractivity contribution in [2.75, 3.05) is 52.4 Å². The van der Waals surface area contributed by atoms with Gasteiger partial charge in [-0.15, -0.1) is 12.4 Å². The Balaban J connectivity index is 0.00000256. The minimum Gasteiger partial charge on any atom is -0.349 e. The van der Waals surface area contributed by atoms with E-state index in [-0.39, 0.29) is 18.3 Å². The zero-order valence-corrected chi connectivity index (χ0v) is 18.3. The van der Waals surface area contributed by atoms with Gasteiger partial charge in [-0.2, -0.15) is 5.10 Å². The largest absolute Gasteiger partial charge is 0.349 e. The maximum Gasteiger partial charge on any atom is 0.271 e. The van der Waals surface area contributed by atoms with E-state index >= 15 is 0 Å². The molecule has 0 aliphatic carbocycles. The molecule has 1 atom stereocenters. The Bertz CT molecular complexity index is 769. The number of hydrogen-bond donors (Lipinski definition) is 2. The molecule has 3 heterocycles. The maximum absolute atomic E-state index is 12.4. The van der Waals surface area contributed by atoms with Crippen LogP contribution in [-0.4, -0.2) is 77.8 Å². The van der Waals surface area contributed by atoms with Crippen LogP contribution in [0.1, 0.15) is 34.9 Å². The number of piperazine rings is 1. The van der Waals surface area contributed by atoms with Gasteiger partial charge >= 0.3 is 0 Å². The number of piperidine rings is 1. The van der Waals surface area contributed by atoms with Crippen molar-refractivity contribution in [1.82, 2.24) is 30.2 Å². The summed E-state index contributed by atoms with van der Waals surface area (Å²) in [7, 11) is 0. The van der Waals surface area contributed by atoms with Gasteiger partial charge in [0, 0.05) is 58.6 Å². The zero-order valence-electron chi connectivity index (χ0n) is 17.5. The molecule has 1 amide bonds. The van der Waals surface area contributed by atoms with Gasteiger partial charge < -0.3 is 10.6 Å². The van der Waals surface area contributed by atoms with Crippen molar-refractivity contribution in [3.63, 3.8) is 0 Å². The van der Waals surface area contributed by atoms with E-state index in [9.17, 15) is 4.79 Å². The van der Waals surface area contributed by atoms with Gasteiger partial charge in [0.1, 0.15) is 5.69 Å². The summed E-state index contributed by atoms with van der Waals surface area (Å²) >= 11 is 0. The minimum absolute atomic E-state index is 0. The van der Waals surface area contributed by atoms with Crippen molar-refractivity contribution in [3.05, 3.63) is 53.9 Å². The van der Waals surface area contributed by atoms with Crippen LogP contribution in [0.5, 0.6) is 0 Å². The van der Waals surface area contributed by atoms with Crippen molar-refractivity contribution in [3.8, 4) is 0 Å². The topological polar surface area (TPSA) is 65.4 Å². The quantitative estimate of drug-likeness (QED) is 0.698. The highest BCUT2D eigenvalue weighted by molar-refractivity contribution is 5.92. The third-order valence-corrected chi connectivity index (χ3v) is 5.91. The molecule has 0 spiro atoms. The Hall–Kier alpha value is -1.93. The lowest BCUT2D eigenvalue weighted by Crippen LogP contribution is -2.48. The summed E-state index contributed by atoms with van der Waals surface area (Å²) in [6, 6.07) is 12.8. The van der Waals surface area contributed by atoms with Crippen LogP contribution < -0.4 is 10.6 Å². The molecule has 0 bridgehead atoms. The van der Waals surface area contributed by atoms with Crippen molar-refractivity contribution < 1.29 is 4.79 Å². The second-order valence-corrected chi connectivity index (χ2v) is 8.04. The highest BCUT2D eigenvalue weighted by Crippen LogP contribution is 2.15. The molecule has 4 rings (SSSR count). The fraction of sp³-hybridized carbons (Fsp3) is 0.545. The number of halogens is 1. The molecular formula is C22H33ClN6O. The Morgan fingerprint density at radius 2 is 1.87 bits per heavy atom. The van der Waals surface area contributed by atoms with Crippen molar-refractivity contribution in [2.24, 2.45) is 0 Å². The van der Waals surface area contributed by atoms with Crippen LogP contribution in [0, 0.1) is 0 Å². The van der Waals surface area contributed by atoms with E-state index in [1.54, 1.807) is 0 Å². The smallest absolute Gasteiger partial charge is 0.271 e. The lowest BCUT2D eigenvalue weighted by Gasteiger charge is -2.34. The SMILES string of the molecule is Cl.O=C(NCCN1CCN(Cc2ccccc2)CC1)c1ccn(C2CCCNC2)n1. The molecule has 8 heteroatoms. The third kappa shape index (κ3) is 6.28. The fourth-order valence-corrected chi connectivity index (χ4v) is 4.15. The zero-order chi connectivity index (χ0) is 19.9. The number of carbonyl (C=O) groups is 1. The van der Waals surface area contributed by atoms with Crippen LogP contribution in [0.25, 0.3) is 0 Å². The number of amides is 1. The summed E-state index contributed by atoms with van der Waals surface area (Å²) in [5.41, 5.74) is 1.89. The average molecular weight is 433 g/mol. The molecule has 1 aromatic carbocycles. The predicted molar refractivity (Wildman–Crippen MR) is 121 cm³/mol. The average Bonchev–Trinajstić information content (AvgIpc) is 3.27. The van der Waals surface area contributed by atoms with Crippen LogP contribution in [0.15, 0.2) is 42.6 Å². The predicted octanol–water partition coefficient (Wildman–Crippen LogP) is 1.78. The van der Waals surface area contributed by atoms with Crippen molar-refractivity contribution in [1.29, 1.82) is 0 Å². The second kappa shape index (κ2) is 11.5. The van der Waals surface area contributed by atoms with E-state index < -0.39 is 0 Å². The fourth-order valence-electron chi connectivity index (χ4n) is 4.15. The summed E-state index contributed by atoms with van der Waals surface area (Å²) in [6.07, 6.45) is 4.20. The second-order valence-electron chi connectivity index (χ2n) is 8.04. The molecule has 0 saturated carbocycles. The molecule has 2 aliphatic rings. The van der Waals surface area contributed by atoms with Gasteiger partial charge in [0.2, 0.25) is 0 Å². The maximum atomic E-state index is 12.4. The van der Waals surface area contributed by atoms with E-state index in [4.69, 9.17) is 0 Å². The van der Waals surface area contributed by atoms with E-state index in [0.29, 0.717) is 18.3 Å². The molecule has 0 radical (unpaired) electrons. The molecule has 1 unspecified atom stereocenters. The Labute approximate surface area is 185 Å². The van der Waals surface area contributed by atoms with Crippen LogP contribution >= 0.6 is 12.4 Å². The number of benzene rings is 1. The van der Waals surface area contributed by atoms with Gasteiger partial charge in [0.05, 0.1) is 6.04 Å². The van der Waals surface area contributed by atoms with Gasteiger partial charge in [-0.3, -0.25) is 19.3 Å². The Morgan fingerprint density at radius 1 is 1.10 bits per heavy atom. The van der Waals surface area contributed by atoms with Crippen LogP contribution in [-0.2, 0) is 6.54 Å². The summed E-state index contributed by atoms with van der Waals surface area (Å²) in [5.74, 6) is -0.0739. The summed E-state index contributed by atoms with van der Waals surface area (Å²) in [5, 5.41) is 10.9. The van der Waals surface area contributed by atoms with Crippen LogP contribution in [0.3, 0.4) is 0 Å². The first kappa shape index (κ1) is 22.7. The Kier molecular flexibility index (Phi) is 8.69. The number of aromatic nitrogens is 2. The lowest BCUT2D eigenvalue weighted by molar-refractivity contribution is 0.0928. The third-order valence-electron chi connectivity index (χ3n) is 5.91. The van der Waals surface area contributed by atoms with Crippen molar-refractivity contribution >= 4 is 18.3 Å². The number of rotatable bonds is 7. The van der Waals surface area contributed by atoms with Gasteiger partial charge in [0.25, 0.3) is 5.91 Å². The summed E-state index contributed by atoms with van der Waals surface area (Å²) < 4.78 is 1.94. The molecule has 1 aromatic heterocycles. The first-order chi connectivity index (χ1) is 14.3. The minimum atomic E-state index is -0.0739. The molecule has 164 valence electrons. The highest BCUT2D eigenvalue weighted by atomic mass is 35.5. The molecule has 30 heavy (non-hydrogen) atoms. The number of carbonyl (C=O) groups excluding carboxylic acids is 1. The number of hydrogen-bond acceptors (Lipinski definition) is 5. The molecule has 2 aromatic rings. The molecule has 2 N–H and O–H groups in total.